The molecule has 3 rings (SSSR count). The molecule has 2 unspecified atom stereocenters. The molecule has 174 valence electrons. The number of β-amino-alcohol motifs (C(OH)–C–C–N with tert-alkyl or cyclic N) is 1. The van der Waals surface area contributed by atoms with Crippen molar-refractivity contribution in [2.24, 2.45) is 11.8 Å². The molecule has 0 spiro atoms. The predicted molar refractivity (Wildman–Crippen MR) is 110 cm³/mol. The highest BCUT2D eigenvalue weighted by Gasteiger charge is 2.36. The summed E-state index contributed by atoms with van der Waals surface area (Å²) in [6, 6.07) is 1.07. The molecule has 2 fully saturated rings. The Morgan fingerprint density at radius 1 is 1.26 bits per heavy atom. The lowest BCUT2D eigenvalue weighted by atomic mass is 9.93. The molecule has 1 aromatic heterocycles. The molecule has 10 nitrogen and oxygen atoms in total. The maximum absolute atomic E-state index is 12.7. The fourth-order valence-corrected chi connectivity index (χ4v) is 4.30. The fourth-order valence-electron chi connectivity index (χ4n) is 4.30. The summed E-state index contributed by atoms with van der Waals surface area (Å²) in [5.41, 5.74) is 0. The average molecular weight is 440 g/mol. The fraction of sp³-hybridized carbons (Fsp3) is 0.762. The first-order chi connectivity index (χ1) is 14.8. The van der Waals surface area contributed by atoms with Crippen LogP contribution in [-0.2, 0) is 23.8 Å². The molecule has 2 saturated heterocycles. The molecule has 2 aliphatic rings. The normalized spacial score (nSPS) is 23.5. The number of aliphatic hydroxyl groups excluding tert-OH is 1. The number of rotatable bonds is 8. The Morgan fingerprint density at radius 3 is 2.48 bits per heavy atom. The zero-order chi connectivity index (χ0) is 22.5. The molecule has 31 heavy (non-hydrogen) atoms. The van der Waals surface area contributed by atoms with Gasteiger partial charge in [0.2, 0.25) is 0 Å². The minimum absolute atomic E-state index is 0.155. The summed E-state index contributed by atoms with van der Waals surface area (Å²) in [6.45, 7) is 5.56. The van der Waals surface area contributed by atoms with Crippen molar-refractivity contribution in [1.82, 2.24) is 10.5 Å². The van der Waals surface area contributed by atoms with Crippen LogP contribution in [0.15, 0.2) is 10.6 Å². The quantitative estimate of drug-likeness (QED) is 0.345. The summed E-state index contributed by atoms with van der Waals surface area (Å²) < 4.78 is 21.3. The van der Waals surface area contributed by atoms with Crippen molar-refractivity contribution in [2.45, 2.75) is 57.5 Å². The van der Waals surface area contributed by atoms with Gasteiger partial charge in [-0.15, -0.1) is 0 Å². The van der Waals surface area contributed by atoms with E-state index in [0.717, 1.165) is 25.9 Å². The third-order valence-corrected chi connectivity index (χ3v) is 6.05. The molecule has 0 saturated carbocycles. The van der Waals surface area contributed by atoms with Crippen LogP contribution in [0.4, 0.5) is 5.82 Å². The standard InChI is InChI=1S/C21H33N3O7/c1-12(2)18(20(27)30-19(26)15-9-14(25)11-22-15)16-10-17(23-31-16)24-7-5-13(6-8-24)21(28-3)29-4/h10,12-15,18,21-22,25H,5-9,11H2,1-4H3/t14?,15?,18-/m0/s1. The van der Waals surface area contributed by atoms with E-state index < -0.39 is 30.0 Å². The van der Waals surface area contributed by atoms with E-state index in [9.17, 15) is 14.7 Å². The molecule has 0 aliphatic carbocycles. The molecule has 2 aliphatic heterocycles. The summed E-state index contributed by atoms with van der Waals surface area (Å²) in [5.74, 6) is -0.919. The van der Waals surface area contributed by atoms with Crippen molar-refractivity contribution in [3.8, 4) is 0 Å². The van der Waals surface area contributed by atoms with Gasteiger partial charge in [-0.25, -0.2) is 4.79 Å². The van der Waals surface area contributed by atoms with Gasteiger partial charge in [-0.1, -0.05) is 19.0 Å². The van der Waals surface area contributed by atoms with E-state index in [1.54, 1.807) is 20.3 Å². The monoisotopic (exact) mass is 439 g/mol. The van der Waals surface area contributed by atoms with Crippen LogP contribution in [-0.4, -0.2) is 74.5 Å². The first kappa shape index (κ1) is 23.6. The van der Waals surface area contributed by atoms with E-state index >= 15 is 0 Å². The van der Waals surface area contributed by atoms with Crippen molar-refractivity contribution in [3.05, 3.63) is 11.8 Å². The van der Waals surface area contributed by atoms with E-state index in [-0.39, 0.29) is 18.6 Å². The van der Waals surface area contributed by atoms with Crippen LogP contribution in [0, 0.1) is 11.8 Å². The van der Waals surface area contributed by atoms with E-state index in [2.05, 4.69) is 15.4 Å². The topological polar surface area (TPSA) is 123 Å². The molecule has 3 heterocycles. The Labute approximate surface area is 182 Å². The number of nitrogens with one attached hydrogen (secondary N) is 1. The Hall–Kier alpha value is -2.01. The van der Waals surface area contributed by atoms with Crippen LogP contribution in [0.5, 0.6) is 0 Å². The molecule has 0 amide bonds. The highest BCUT2D eigenvalue weighted by Crippen LogP contribution is 2.31. The Bertz CT molecular complexity index is 741. The number of hydrogen-bond donors (Lipinski definition) is 2. The van der Waals surface area contributed by atoms with E-state index in [4.69, 9.17) is 18.7 Å². The molecule has 0 radical (unpaired) electrons. The summed E-state index contributed by atoms with van der Waals surface area (Å²) in [6.07, 6.45) is 1.17. The van der Waals surface area contributed by atoms with Crippen LogP contribution >= 0.6 is 0 Å². The van der Waals surface area contributed by atoms with Crippen LogP contribution in [0.2, 0.25) is 0 Å². The minimum atomic E-state index is -0.750. The molecule has 0 bridgehead atoms. The smallest absolute Gasteiger partial charge is 0.330 e. The maximum Gasteiger partial charge on any atom is 0.330 e. The number of esters is 2. The van der Waals surface area contributed by atoms with Crippen LogP contribution in [0.25, 0.3) is 0 Å². The Balaban J connectivity index is 1.62. The lowest BCUT2D eigenvalue weighted by molar-refractivity contribution is -0.163. The number of piperidine rings is 1. The lowest BCUT2D eigenvalue weighted by Crippen LogP contribution is -2.39. The molecule has 10 heteroatoms. The SMILES string of the molecule is COC(OC)C1CCN(c2cc([C@@H](C(=O)OC(=O)C3CC(O)CN3)C(C)C)on2)CC1. The van der Waals surface area contributed by atoms with Crippen molar-refractivity contribution in [3.63, 3.8) is 0 Å². The van der Waals surface area contributed by atoms with Gasteiger partial charge in [0.05, 0.1) is 6.10 Å². The lowest BCUT2D eigenvalue weighted by Gasteiger charge is -2.34. The van der Waals surface area contributed by atoms with Crippen molar-refractivity contribution >= 4 is 17.8 Å². The Morgan fingerprint density at radius 2 is 1.94 bits per heavy atom. The van der Waals surface area contributed by atoms with Gasteiger partial charge in [0.25, 0.3) is 0 Å². The van der Waals surface area contributed by atoms with Crippen LogP contribution < -0.4 is 10.2 Å². The number of ether oxygens (including phenoxy) is 3. The van der Waals surface area contributed by atoms with E-state index in [1.807, 2.05) is 13.8 Å². The van der Waals surface area contributed by atoms with E-state index in [0.29, 0.717) is 24.0 Å². The zero-order valence-corrected chi connectivity index (χ0v) is 18.6. The first-order valence-electron chi connectivity index (χ1n) is 10.8. The van der Waals surface area contributed by atoms with E-state index in [1.165, 1.54) is 0 Å². The number of methoxy groups -OCH3 is 2. The molecule has 0 aromatic carbocycles. The largest absolute Gasteiger partial charge is 0.392 e. The van der Waals surface area contributed by atoms with Gasteiger partial charge in [0.1, 0.15) is 12.0 Å². The van der Waals surface area contributed by atoms with Gasteiger partial charge < -0.3 is 34.1 Å². The number of nitrogens with zero attached hydrogens (tertiary/aromatic N) is 2. The van der Waals surface area contributed by atoms with Crippen LogP contribution in [0.3, 0.4) is 0 Å². The van der Waals surface area contributed by atoms with Crippen molar-refractivity contribution in [2.75, 3.05) is 38.8 Å². The van der Waals surface area contributed by atoms with Gasteiger partial charge in [0, 0.05) is 52.3 Å². The maximum atomic E-state index is 12.7. The molecular formula is C21H33N3O7. The average Bonchev–Trinajstić information content (AvgIpc) is 3.39. The van der Waals surface area contributed by atoms with Gasteiger partial charge in [-0.2, -0.15) is 0 Å². The van der Waals surface area contributed by atoms with Crippen molar-refractivity contribution in [1.29, 1.82) is 0 Å². The van der Waals surface area contributed by atoms with Gasteiger partial charge in [-0.05, 0) is 18.8 Å². The molecular weight excluding hydrogens is 406 g/mol. The summed E-state index contributed by atoms with van der Waals surface area (Å²) in [7, 11) is 3.29. The van der Waals surface area contributed by atoms with Gasteiger partial charge in [-0.3, -0.25) is 4.79 Å². The van der Waals surface area contributed by atoms with Crippen molar-refractivity contribution < 1.29 is 33.4 Å². The highest BCUT2D eigenvalue weighted by molar-refractivity contribution is 5.91. The number of hydrogen-bond acceptors (Lipinski definition) is 10. The molecule has 2 N–H and O–H groups in total. The predicted octanol–water partition coefficient (Wildman–Crippen LogP) is 1.04. The minimum Gasteiger partial charge on any atom is -0.392 e. The number of aliphatic hydroxyl groups is 1. The molecule has 3 atom stereocenters. The number of carbonyl (C=O) groups is 2. The Kier molecular flexibility index (Phi) is 8.04. The third kappa shape index (κ3) is 5.62. The van der Waals surface area contributed by atoms with Gasteiger partial charge >= 0.3 is 11.9 Å². The number of anilines is 1. The second kappa shape index (κ2) is 10.5. The summed E-state index contributed by atoms with van der Waals surface area (Å²) in [5, 5.41) is 16.6. The first-order valence-corrected chi connectivity index (χ1v) is 10.8. The number of aromatic nitrogens is 1. The highest BCUT2D eigenvalue weighted by atomic mass is 16.7. The third-order valence-electron chi connectivity index (χ3n) is 6.05. The second-order valence-corrected chi connectivity index (χ2v) is 8.56. The summed E-state index contributed by atoms with van der Waals surface area (Å²) >= 11 is 0. The molecule has 1 aromatic rings. The zero-order valence-electron chi connectivity index (χ0n) is 18.6. The van der Waals surface area contributed by atoms with Crippen LogP contribution in [0.1, 0.15) is 44.8 Å². The summed E-state index contributed by atoms with van der Waals surface area (Å²) in [4.78, 5) is 27.1. The number of carbonyl (C=O) groups excluding carboxylic acids is 2. The second-order valence-electron chi connectivity index (χ2n) is 8.56. The van der Waals surface area contributed by atoms with Gasteiger partial charge in [0.15, 0.2) is 17.9 Å².